The molecule has 0 saturated carbocycles. The third kappa shape index (κ3) is 5.57. The molecular weight excluding hydrogens is 385 g/mol. The molecule has 0 aliphatic carbocycles. The molecule has 30 heavy (non-hydrogen) atoms. The van der Waals surface area contributed by atoms with Gasteiger partial charge < -0.3 is 11.1 Å². The highest BCUT2D eigenvalue weighted by atomic mass is 19.1. The lowest BCUT2D eigenvalue weighted by Gasteiger charge is -2.16. The molecule has 8 nitrogen and oxygen atoms in total. The van der Waals surface area contributed by atoms with E-state index < -0.39 is 5.82 Å². The monoisotopic (exact) mass is 407 g/mol. The van der Waals surface area contributed by atoms with Crippen LogP contribution in [0.2, 0.25) is 0 Å². The lowest BCUT2D eigenvalue weighted by atomic mass is 10.1. The molecule has 0 spiro atoms. The number of carbonyl (C=O) groups is 1. The lowest BCUT2D eigenvalue weighted by molar-refractivity contribution is 0.0939. The summed E-state index contributed by atoms with van der Waals surface area (Å²) in [7, 11) is 0. The molecule has 0 radical (unpaired) electrons. The minimum atomic E-state index is -0.423. The predicted octanol–water partition coefficient (Wildman–Crippen LogP) is 2.86. The fourth-order valence-corrected chi connectivity index (χ4v) is 2.77. The Labute approximate surface area is 173 Å². The van der Waals surface area contributed by atoms with Gasteiger partial charge in [0.2, 0.25) is 0 Å². The standard InChI is InChI=1S/C21H22FN7O/c1-14-3-5-19(29-26-9-10-27-29)18(11-14)21(30)28-15(2)12-17(23)7-8-24-20-6-4-16(22)13-25-20/h3-11,13,15H,12,23H2,1-2H3,(H,28,30). The van der Waals surface area contributed by atoms with E-state index in [0.717, 1.165) is 11.8 Å². The maximum absolute atomic E-state index is 12.8. The third-order valence-corrected chi connectivity index (χ3v) is 4.16. The van der Waals surface area contributed by atoms with Crippen molar-refractivity contribution in [1.29, 1.82) is 0 Å². The van der Waals surface area contributed by atoms with E-state index in [1.807, 2.05) is 26.0 Å². The summed E-state index contributed by atoms with van der Waals surface area (Å²) in [6, 6.07) is 8.03. The number of aromatic nitrogens is 4. The number of nitrogens with zero attached hydrogens (tertiary/aromatic N) is 5. The molecule has 3 N–H and O–H groups in total. The van der Waals surface area contributed by atoms with Gasteiger partial charge in [-0.25, -0.2) is 14.4 Å². The lowest BCUT2D eigenvalue weighted by Crippen LogP contribution is -2.34. The van der Waals surface area contributed by atoms with E-state index in [-0.39, 0.29) is 11.9 Å². The molecule has 2 aromatic heterocycles. The Bertz CT molecular complexity index is 1060. The second-order valence-electron chi connectivity index (χ2n) is 6.77. The second kappa shape index (κ2) is 9.55. The summed E-state index contributed by atoms with van der Waals surface area (Å²) in [5.41, 5.74) is 8.58. The van der Waals surface area contributed by atoms with Crippen LogP contribution in [0.4, 0.5) is 10.2 Å². The van der Waals surface area contributed by atoms with Gasteiger partial charge in [-0.3, -0.25) is 4.79 Å². The number of rotatable bonds is 7. The van der Waals surface area contributed by atoms with Crippen molar-refractivity contribution in [3.8, 4) is 5.69 Å². The zero-order chi connectivity index (χ0) is 21.5. The molecule has 1 unspecified atom stereocenters. The largest absolute Gasteiger partial charge is 0.402 e. The van der Waals surface area contributed by atoms with Crippen LogP contribution in [-0.4, -0.2) is 38.1 Å². The van der Waals surface area contributed by atoms with E-state index in [1.165, 1.54) is 23.1 Å². The first-order valence-corrected chi connectivity index (χ1v) is 9.31. The van der Waals surface area contributed by atoms with Crippen LogP contribution in [0.5, 0.6) is 0 Å². The van der Waals surface area contributed by atoms with Crippen LogP contribution in [0.25, 0.3) is 5.69 Å². The average Bonchev–Trinajstić information content (AvgIpc) is 3.24. The number of pyridine rings is 1. The zero-order valence-electron chi connectivity index (χ0n) is 16.7. The van der Waals surface area contributed by atoms with Crippen LogP contribution in [0.1, 0.15) is 29.3 Å². The van der Waals surface area contributed by atoms with Crippen molar-refractivity contribution in [3.63, 3.8) is 0 Å². The quantitative estimate of drug-likeness (QED) is 0.585. The number of nitrogens with one attached hydrogen (secondary N) is 1. The summed E-state index contributed by atoms with van der Waals surface area (Å²) < 4.78 is 12.8. The fourth-order valence-electron chi connectivity index (χ4n) is 2.77. The summed E-state index contributed by atoms with van der Waals surface area (Å²) in [4.78, 5) is 22.2. The smallest absolute Gasteiger partial charge is 0.253 e. The number of carbonyl (C=O) groups excluding carboxylic acids is 1. The van der Waals surface area contributed by atoms with Gasteiger partial charge >= 0.3 is 0 Å². The Morgan fingerprint density at radius 3 is 2.77 bits per heavy atom. The number of benzene rings is 1. The molecule has 2 heterocycles. The topological polar surface area (TPSA) is 111 Å². The number of amides is 1. The first-order chi connectivity index (χ1) is 14.4. The highest BCUT2D eigenvalue weighted by molar-refractivity contribution is 5.98. The van der Waals surface area contributed by atoms with Crippen LogP contribution >= 0.6 is 0 Å². The van der Waals surface area contributed by atoms with Gasteiger partial charge in [0.1, 0.15) is 5.82 Å². The van der Waals surface area contributed by atoms with Gasteiger partial charge in [0.15, 0.2) is 5.82 Å². The van der Waals surface area contributed by atoms with E-state index in [4.69, 9.17) is 5.73 Å². The van der Waals surface area contributed by atoms with Crippen LogP contribution in [0, 0.1) is 12.7 Å². The number of hydrogen-bond donors (Lipinski definition) is 2. The molecule has 0 aliphatic heterocycles. The van der Waals surface area contributed by atoms with Crippen LogP contribution in [0.3, 0.4) is 0 Å². The molecule has 0 saturated heterocycles. The molecule has 3 aromatic rings. The van der Waals surface area contributed by atoms with Crippen molar-refractivity contribution < 1.29 is 9.18 Å². The highest BCUT2D eigenvalue weighted by Crippen LogP contribution is 2.15. The van der Waals surface area contributed by atoms with Crippen LogP contribution in [0.15, 0.2) is 65.7 Å². The predicted molar refractivity (Wildman–Crippen MR) is 112 cm³/mol. The molecule has 154 valence electrons. The summed E-state index contributed by atoms with van der Waals surface area (Å²) in [6.07, 6.45) is 7.74. The first-order valence-electron chi connectivity index (χ1n) is 9.31. The molecule has 1 amide bonds. The van der Waals surface area contributed by atoms with Gasteiger partial charge in [0.05, 0.1) is 29.8 Å². The fraction of sp³-hybridized carbons (Fsp3) is 0.190. The molecule has 9 heteroatoms. The van der Waals surface area contributed by atoms with E-state index in [9.17, 15) is 9.18 Å². The van der Waals surface area contributed by atoms with Crippen molar-refractivity contribution in [2.75, 3.05) is 0 Å². The van der Waals surface area contributed by atoms with E-state index >= 15 is 0 Å². The van der Waals surface area contributed by atoms with Gasteiger partial charge in [-0.1, -0.05) is 11.6 Å². The molecule has 0 aliphatic rings. The number of aliphatic imine (C=N–C) groups is 1. The molecule has 0 fully saturated rings. The number of nitrogens with two attached hydrogens (primary N) is 1. The highest BCUT2D eigenvalue weighted by Gasteiger charge is 2.16. The van der Waals surface area contributed by atoms with Crippen molar-refractivity contribution in [2.45, 2.75) is 26.3 Å². The van der Waals surface area contributed by atoms with Crippen molar-refractivity contribution in [1.82, 2.24) is 25.3 Å². The normalized spacial score (nSPS) is 12.8. The van der Waals surface area contributed by atoms with E-state index in [0.29, 0.717) is 29.2 Å². The SMILES string of the molecule is Cc1ccc(-n2nccn2)c(C(=O)NC(C)CC(N)=CC=Nc2ccc(F)cn2)c1. The number of halogens is 1. The number of allylic oxidation sites excluding steroid dienone is 1. The summed E-state index contributed by atoms with van der Waals surface area (Å²) in [6.45, 7) is 3.77. The van der Waals surface area contributed by atoms with Gasteiger partial charge in [0.25, 0.3) is 5.91 Å². The molecule has 0 bridgehead atoms. The molecule has 1 aromatic carbocycles. The van der Waals surface area contributed by atoms with Crippen molar-refractivity contribution in [2.24, 2.45) is 10.7 Å². The zero-order valence-corrected chi connectivity index (χ0v) is 16.7. The summed E-state index contributed by atoms with van der Waals surface area (Å²) >= 11 is 0. The molecule has 3 rings (SSSR count). The first kappa shape index (κ1) is 20.8. The number of hydrogen-bond acceptors (Lipinski definition) is 6. The van der Waals surface area contributed by atoms with Crippen molar-refractivity contribution >= 4 is 17.9 Å². The van der Waals surface area contributed by atoms with Crippen LogP contribution < -0.4 is 11.1 Å². The van der Waals surface area contributed by atoms with E-state index in [1.54, 1.807) is 24.5 Å². The minimum Gasteiger partial charge on any atom is -0.402 e. The maximum atomic E-state index is 12.8. The van der Waals surface area contributed by atoms with Gasteiger partial charge in [-0.05, 0) is 44.2 Å². The Morgan fingerprint density at radius 2 is 2.07 bits per heavy atom. The molecular formula is C21H22FN7O. The summed E-state index contributed by atoms with van der Waals surface area (Å²) in [5, 5.41) is 11.2. The number of aryl methyl sites for hydroxylation is 1. The maximum Gasteiger partial charge on any atom is 0.253 e. The van der Waals surface area contributed by atoms with Crippen LogP contribution in [-0.2, 0) is 0 Å². The van der Waals surface area contributed by atoms with Gasteiger partial charge in [-0.2, -0.15) is 15.0 Å². The Kier molecular flexibility index (Phi) is 6.63. The Balaban J connectivity index is 1.63. The van der Waals surface area contributed by atoms with Gasteiger partial charge in [-0.15, -0.1) is 0 Å². The summed E-state index contributed by atoms with van der Waals surface area (Å²) in [5.74, 6) is -0.287. The second-order valence-corrected chi connectivity index (χ2v) is 6.77. The third-order valence-electron chi connectivity index (χ3n) is 4.16. The van der Waals surface area contributed by atoms with Gasteiger partial charge in [0, 0.05) is 24.4 Å². The Morgan fingerprint density at radius 1 is 1.30 bits per heavy atom. The average molecular weight is 407 g/mol. The minimum absolute atomic E-state index is 0.218. The Hall–Kier alpha value is -3.88. The molecule has 1 atom stereocenters. The van der Waals surface area contributed by atoms with Crippen molar-refractivity contribution in [3.05, 3.63) is 77.6 Å². The van der Waals surface area contributed by atoms with E-state index in [2.05, 4.69) is 25.5 Å².